The molecule has 30 heavy (non-hydrogen) atoms. The molecule has 2 amide bonds. The lowest BCUT2D eigenvalue weighted by atomic mass is 10.2. The minimum atomic E-state index is -3.50. The molecule has 4 rings (SSSR count). The molecular formula is C22H25N3O4S. The number of carbonyl (C=O) groups is 2. The smallest absolute Gasteiger partial charge is 0.251 e. The van der Waals surface area contributed by atoms with Crippen molar-refractivity contribution in [2.75, 3.05) is 24.5 Å². The number of amides is 2. The molecule has 2 saturated heterocycles. The first-order valence-corrected chi connectivity index (χ1v) is 11.6. The first-order valence-electron chi connectivity index (χ1n) is 10.1. The standard InChI is InChI=1S/C22H25N3O4S/c1-16-4-8-19(9-5-16)25-15-18(14-21(25)26)23-22(27)17-6-10-20(11-7-17)30(28,29)24-12-2-3-13-24/h4-11,18H,2-3,12-15H2,1H3,(H,23,27)/t18-/m1/s1. The molecule has 0 bridgehead atoms. The molecular weight excluding hydrogens is 402 g/mol. The van der Waals surface area contributed by atoms with E-state index in [0.29, 0.717) is 25.2 Å². The second kappa shape index (κ2) is 8.20. The summed E-state index contributed by atoms with van der Waals surface area (Å²) in [7, 11) is -3.50. The van der Waals surface area contributed by atoms with E-state index in [1.165, 1.54) is 28.6 Å². The number of hydrogen-bond donors (Lipinski definition) is 1. The number of sulfonamides is 1. The molecule has 0 spiro atoms. The molecule has 158 valence electrons. The van der Waals surface area contributed by atoms with Gasteiger partial charge in [0.05, 0.1) is 10.9 Å². The molecule has 2 aromatic rings. The van der Waals surface area contributed by atoms with Crippen LogP contribution < -0.4 is 10.2 Å². The Labute approximate surface area is 176 Å². The van der Waals surface area contributed by atoms with E-state index in [4.69, 9.17) is 0 Å². The Hall–Kier alpha value is -2.71. The number of hydrogen-bond acceptors (Lipinski definition) is 4. The van der Waals surface area contributed by atoms with Gasteiger partial charge in [0.15, 0.2) is 0 Å². The van der Waals surface area contributed by atoms with Gasteiger partial charge in [-0.25, -0.2) is 8.42 Å². The Morgan fingerprint density at radius 2 is 1.63 bits per heavy atom. The van der Waals surface area contributed by atoms with Gasteiger partial charge in [-0.05, 0) is 56.2 Å². The van der Waals surface area contributed by atoms with E-state index in [1.807, 2.05) is 31.2 Å². The molecule has 2 heterocycles. The van der Waals surface area contributed by atoms with Crippen molar-refractivity contribution in [3.8, 4) is 0 Å². The average Bonchev–Trinajstić information content (AvgIpc) is 3.39. The van der Waals surface area contributed by atoms with Crippen LogP contribution in [0, 0.1) is 6.92 Å². The molecule has 2 fully saturated rings. The SMILES string of the molecule is Cc1ccc(N2C[C@H](NC(=O)c3ccc(S(=O)(=O)N4CCCC4)cc3)CC2=O)cc1. The zero-order chi connectivity index (χ0) is 21.3. The molecule has 2 aliphatic rings. The summed E-state index contributed by atoms with van der Waals surface area (Å²) in [6, 6.07) is 13.4. The lowest BCUT2D eigenvalue weighted by Gasteiger charge is -2.18. The van der Waals surface area contributed by atoms with Gasteiger partial charge in [-0.1, -0.05) is 17.7 Å². The molecule has 0 radical (unpaired) electrons. The molecule has 2 aliphatic heterocycles. The van der Waals surface area contributed by atoms with Crippen LogP contribution in [0.3, 0.4) is 0 Å². The predicted octanol–water partition coefficient (Wildman–Crippen LogP) is 2.31. The highest BCUT2D eigenvalue weighted by Crippen LogP contribution is 2.23. The van der Waals surface area contributed by atoms with Crippen molar-refractivity contribution in [2.24, 2.45) is 0 Å². The van der Waals surface area contributed by atoms with Gasteiger partial charge in [-0.3, -0.25) is 9.59 Å². The molecule has 1 atom stereocenters. The van der Waals surface area contributed by atoms with E-state index in [2.05, 4.69) is 5.32 Å². The summed E-state index contributed by atoms with van der Waals surface area (Å²) in [4.78, 5) is 26.9. The summed E-state index contributed by atoms with van der Waals surface area (Å²) < 4.78 is 26.7. The Morgan fingerprint density at radius 1 is 1.00 bits per heavy atom. The van der Waals surface area contributed by atoms with Crippen LogP contribution in [0.25, 0.3) is 0 Å². The fraction of sp³-hybridized carbons (Fsp3) is 0.364. The van der Waals surface area contributed by atoms with Crippen molar-refractivity contribution < 1.29 is 18.0 Å². The lowest BCUT2D eigenvalue weighted by Crippen LogP contribution is -2.37. The number of anilines is 1. The van der Waals surface area contributed by atoms with Gasteiger partial charge >= 0.3 is 0 Å². The molecule has 8 heteroatoms. The maximum atomic E-state index is 12.6. The Kier molecular flexibility index (Phi) is 5.62. The van der Waals surface area contributed by atoms with Crippen LogP contribution in [0.4, 0.5) is 5.69 Å². The van der Waals surface area contributed by atoms with Crippen molar-refractivity contribution in [2.45, 2.75) is 37.1 Å². The van der Waals surface area contributed by atoms with Gasteiger partial charge in [0.1, 0.15) is 0 Å². The second-order valence-electron chi connectivity index (χ2n) is 7.85. The van der Waals surface area contributed by atoms with Gasteiger partial charge in [-0.15, -0.1) is 0 Å². The second-order valence-corrected chi connectivity index (χ2v) is 9.79. The van der Waals surface area contributed by atoms with E-state index < -0.39 is 10.0 Å². The van der Waals surface area contributed by atoms with Crippen molar-refractivity contribution in [3.05, 3.63) is 59.7 Å². The first kappa shape index (κ1) is 20.6. The summed E-state index contributed by atoms with van der Waals surface area (Å²) in [6.45, 7) is 3.48. The maximum absolute atomic E-state index is 12.6. The van der Waals surface area contributed by atoms with Crippen LogP contribution in [0.1, 0.15) is 35.2 Å². The predicted molar refractivity (Wildman–Crippen MR) is 114 cm³/mol. The van der Waals surface area contributed by atoms with Crippen LogP contribution in [0.5, 0.6) is 0 Å². The quantitative estimate of drug-likeness (QED) is 0.793. The van der Waals surface area contributed by atoms with Gasteiger partial charge < -0.3 is 10.2 Å². The molecule has 0 aromatic heterocycles. The van der Waals surface area contributed by atoms with Crippen molar-refractivity contribution in [3.63, 3.8) is 0 Å². The van der Waals surface area contributed by atoms with Crippen LogP contribution in [-0.2, 0) is 14.8 Å². The van der Waals surface area contributed by atoms with Crippen molar-refractivity contribution in [1.82, 2.24) is 9.62 Å². The van der Waals surface area contributed by atoms with Gasteiger partial charge in [0.25, 0.3) is 5.91 Å². The highest BCUT2D eigenvalue weighted by Gasteiger charge is 2.32. The van der Waals surface area contributed by atoms with Gasteiger partial charge in [-0.2, -0.15) is 4.31 Å². The van der Waals surface area contributed by atoms with Crippen LogP contribution in [-0.4, -0.2) is 50.2 Å². The number of nitrogens with one attached hydrogen (secondary N) is 1. The molecule has 0 aliphatic carbocycles. The summed E-state index contributed by atoms with van der Waals surface area (Å²) in [5.41, 5.74) is 2.31. The number of rotatable bonds is 5. The fourth-order valence-electron chi connectivity index (χ4n) is 3.90. The van der Waals surface area contributed by atoms with E-state index in [1.54, 1.807) is 4.90 Å². The minimum Gasteiger partial charge on any atom is -0.347 e. The summed E-state index contributed by atoms with van der Waals surface area (Å²) in [6.07, 6.45) is 1.99. The van der Waals surface area contributed by atoms with Crippen LogP contribution in [0.2, 0.25) is 0 Å². The Balaban J connectivity index is 1.40. The molecule has 0 unspecified atom stereocenters. The van der Waals surface area contributed by atoms with E-state index >= 15 is 0 Å². The van der Waals surface area contributed by atoms with E-state index in [0.717, 1.165) is 24.1 Å². The Bertz CT molecular complexity index is 1040. The third-order valence-corrected chi connectivity index (χ3v) is 7.54. The average molecular weight is 428 g/mol. The number of benzene rings is 2. The van der Waals surface area contributed by atoms with Gasteiger partial charge in [0.2, 0.25) is 15.9 Å². The molecule has 7 nitrogen and oxygen atoms in total. The van der Waals surface area contributed by atoms with Gasteiger partial charge in [0, 0.05) is 37.3 Å². The zero-order valence-electron chi connectivity index (χ0n) is 16.9. The fourth-order valence-corrected chi connectivity index (χ4v) is 5.42. The maximum Gasteiger partial charge on any atom is 0.251 e. The normalized spacial score (nSPS) is 20.0. The number of nitrogens with zero attached hydrogens (tertiary/aromatic N) is 2. The van der Waals surface area contributed by atoms with Crippen LogP contribution in [0.15, 0.2) is 53.4 Å². The minimum absolute atomic E-state index is 0.0313. The lowest BCUT2D eigenvalue weighted by molar-refractivity contribution is -0.117. The molecule has 1 N–H and O–H groups in total. The summed E-state index contributed by atoms with van der Waals surface area (Å²) in [5, 5.41) is 2.89. The van der Waals surface area contributed by atoms with Crippen LogP contribution >= 0.6 is 0 Å². The van der Waals surface area contributed by atoms with Crippen molar-refractivity contribution >= 4 is 27.5 Å². The summed E-state index contributed by atoms with van der Waals surface area (Å²) >= 11 is 0. The van der Waals surface area contributed by atoms with E-state index in [9.17, 15) is 18.0 Å². The number of aryl methyl sites for hydroxylation is 1. The molecule has 2 aromatic carbocycles. The van der Waals surface area contributed by atoms with Crippen molar-refractivity contribution in [1.29, 1.82) is 0 Å². The third kappa shape index (κ3) is 4.11. The highest BCUT2D eigenvalue weighted by molar-refractivity contribution is 7.89. The summed E-state index contributed by atoms with van der Waals surface area (Å²) in [5.74, 6) is -0.347. The highest BCUT2D eigenvalue weighted by atomic mass is 32.2. The first-order chi connectivity index (χ1) is 14.3. The number of carbonyl (C=O) groups excluding carboxylic acids is 2. The van der Waals surface area contributed by atoms with E-state index in [-0.39, 0.29) is 29.2 Å². The molecule has 0 saturated carbocycles. The Morgan fingerprint density at radius 3 is 2.27 bits per heavy atom. The third-order valence-electron chi connectivity index (χ3n) is 5.63. The topological polar surface area (TPSA) is 86.8 Å². The largest absolute Gasteiger partial charge is 0.347 e. The zero-order valence-corrected chi connectivity index (χ0v) is 17.7. The monoisotopic (exact) mass is 427 g/mol.